The van der Waals surface area contributed by atoms with Crippen LogP contribution in [0.1, 0.15) is 30.4 Å². The summed E-state index contributed by atoms with van der Waals surface area (Å²) in [5, 5.41) is 7.78. The van der Waals surface area contributed by atoms with Gasteiger partial charge in [0.2, 0.25) is 10.0 Å². The maximum Gasteiger partial charge on any atom is 0.241 e. The van der Waals surface area contributed by atoms with Crippen LogP contribution in [-0.4, -0.2) is 44.8 Å². The third-order valence-corrected chi connectivity index (χ3v) is 8.76. The summed E-state index contributed by atoms with van der Waals surface area (Å²) < 4.78 is 43.6. The van der Waals surface area contributed by atoms with E-state index in [4.69, 9.17) is 16.9 Å². The number of benzene rings is 3. The van der Waals surface area contributed by atoms with E-state index in [1.807, 2.05) is 12.1 Å². The van der Waals surface area contributed by atoms with Crippen molar-refractivity contribution in [2.45, 2.75) is 36.6 Å². The molecule has 3 aromatic rings. The molecule has 7 nitrogen and oxygen atoms in total. The number of nitrogens with zero attached hydrogens (tertiary/aromatic N) is 1. The second-order valence-electron chi connectivity index (χ2n) is 10.0. The van der Waals surface area contributed by atoms with Crippen LogP contribution in [0.2, 0.25) is 0 Å². The largest absolute Gasteiger partial charge is 0.384 e. The number of hydrogen-bond donors (Lipinski definition) is 4. The van der Waals surface area contributed by atoms with Crippen molar-refractivity contribution in [2.75, 3.05) is 19.6 Å². The van der Waals surface area contributed by atoms with Crippen LogP contribution in [0.4, 0.5) is 4.39 Å². The fourth-order valence-electron chi connectivity index (χ4n) is 5.03. The van der Waals surface area contributed by atoms with Crippen LogP contribution in [0.5, 0.6) is 0 Å². The van der Waals surface area contributed by atoms with Crippen LogP contribution in [0.25, 0.3) is 11.1 Å². The molecular formula is C30H36FN5O2S. The van der Waals surface area contributed by atoms with Crippen molar-refractivity contribution in [1.29, 1.82) is 5.41 Å². The van der Waals surface area contributed by atoms with E-state index in [9.17, 15) is 12.8 Å². The molecule has 0 radical (unpaired) electrons. The number of sulfonamides is 1. The molecule has 0 aliphatic carbocycles. The van der Waals surface area contributed by atoms with Crippen molar-refractivity contribution in [1.82, 2.24) is 9.62 Å². The number of likely N-dealkylation sites (tertiary alicyclic amines) is 1. The average Bonchev–Trinajstić information content (AvgIpc) is 2.93. The summed E-state index contributed by atoms with van der Waals surface area (Å²) in [5.41, 5.74) is 15.0. The minimum atomic E-state index is -3.94. The first kappa shape index (κ1) is 28.5. The molecule has 0 bridgehead atoms. The van der Waals surface area contributed by atoms with Crippen LogP contribution in [0.15, 0.2) is 90.0 Å². The minimum Gasteiger partial charge on any atom is -0.384 e. The monoisotopic (exact) mass is 549 g/mol. The zero-order valence-corrected chi connectivity index (χ0v) is 22.8. The van der Waals surface area contributed by atoms with Gasteiger partial charge in [-0.3, -0.25) is 5.41 Å². The summed E-state index contributed by atoms with van der Waals surface area (Å²) >= 11 is 0. The smallest absolute Gasteiger partial charge is 0.241 e. The summed E-state index contributed by atoms with van der Waals surface area (Å²) in [7, 11) is -3.94. The lowest BCUT2D eigenvalue weighted by Crippen LogP contribution is -2.45. The molecule has 3 aromatic carbocycles. The molecule has 0 unspecified atom stereocenters. The number of nitrogen functional groups attached to an aromatic ring is 1. The molecule has 206 valence electrons. The predicted molar refractivity (Wildman–Crippen MR) is 154 cm³/mol. The van der Waals surface area contributed by atoms with Crippen LogP contribution >= 0.6 is 0 Å². The molecule has 0 spiro atoms. The van der Waals surface area contributed by atoms with Crippen LogP contribution in [0.3, 0.4) is 0 Å². The van der Waals surface area contributed by atoms with Gasteiger partial charge < -0.3 is 16.4 Å². The van der Waals surface area contributed by atoms with E-state index < -0.39 is 16.1 Å². The molecule has 1 fully saturated rings. The lowest BCUT2D eigenvalue weighted by atomic mass is 9.92. The molecule has 1 atom stereocenters. The Bertz CT molecular complexity index is 1420. The van der Waals surface area contributed by atoms with E-state index in [1.54, 1.807) is 48.5 Å². The Morgan fingerprint density at radius 2 is 1.74 bits per heavy atom. The Balaban J connectivity index is 1.60. The van der Waals surface area contributed by atoms with E-state index in [-0.39, 0.29) is 16.5 Å². The Labute approximate surface area is 230 Å². The molecule has 1 aliphatic rings. The second kappa shape index (κ2) is 12.5. The summed E-state index contributed by atoms with van der Waals surface area (Å²) in [4.78, 5) is 2.27. The fourth-order valence-corrected chi connectivity index (χ4v) is 6.30. The van der Waals surface area contributed by atoms with E-state index in [0.717, 1.165) is 43.5 Å². The van der Waals surface area contributed by atoms with Gasteiger partial charge in [0.1, 0.15) is 11.7 Å². The maximum atomic E-state index is 13.7. The highest BCUT2D eigenvalue weighted by molar-refractivity contribution is 7.89. The van der Waals surface area contributed by atoms with E-state index in [2.05, 4.69) is 16.2 Å². The number of halogens is 1. The molecule has 39 heavy (non-hydrogen) atoms. The van der Waals surface area contributed by atoms with Crippen molar-refractivity contribution in [3.8, 4) is 11.1 Å². The molecule has 1 heterocycles. The quantitative estimate of drug-likeness (QED) is 0.210. The zero-order valence-electron chi connectivity index (χ0n) is 21.9. The normalized spacial score (nSPS) is 15.2. The molecule has 4 rings (SSSR count). The lowest BCUT2D eigenvalue weighted by molar-refractivity contribution is 0.209. The minimum absolute atomic E-state index is 0.0487. The first-order valence-electron chi connectivity index (χ1n) is 13.1. The van der Waals surface area contributed by atoms with Crippen LogP contribution in [-0.2, 0) is 16.4 Å². The third kappa shape index (κ3) is 7.32. The SMILES string of the molecule is C=C([C@H](Cc1cccc(C(=N)N)c1)NS(=O)(=O)c1cccc(-c2ccc(F)cc2)c1)N1CCC(CCN)CC1. The van der Waals surface area contributed by atoms with Gasteiger partial charge in [-0.25, -0.2) is 17.5 Å². The first-order chi connectivity index (χ1) is 18.7. The topological polar surface area (TPSA) is 125 Å². The maximum absolute atomic E-state index is 13.7. The van der Waals surface area contributed by atoms with E-state index in [0.29, 0.717) is 35.7 Å². The summed E-state index contributed by atoms with van der Waals surface area (Å²) in [5.74, 6) is 0.162. The van der Waals surface area contributed by atoms with Crippen molar-refractivity contribution in [3.05, 3.63) is 102 Å². The summed E-state index contributed by atoms with van der Waals surface area (Å²) in [6.07, 6.45) is 3.29. The van der Waals surface area contributed by atoms with Crippen molar-refractivity contribution >= 4 is 15.9 Å². The Kier molecular flexibility index (Phi) is 9.16. The average molecular weight is 550 g/mol. The van der Waals surface area contributed by atoms with Crippen molar-refractivity contribution < 1.29 is 12.8 Å². The molecule has 6 N–H and O–H groups in total. The first-order valence-corrected chi connectivity index (χ1v) is 14.6. The second-order valence-corrected chi connectivity index (χ2v) is 11.7. The van der Waals surface area contributed by atoms with Gasteiger partial charge in [-0.2, -0.15) is 0 Å². The predicted octanol–water partition coefficient (Wildman–Crippen LogP) is 4.24. The molecule has 1 aliphatic heterocycles. The summed E-state index contributed by atoms with van der Waals surface area (Å²) in [6.45, 7) is 6.56. The molecule has 0 amide bonds. The molecule has 1 saturated heterocycles. The Morgan fingerprint density at radius 1 is 1.05 bits per heavy atom. The van der Waals surface area contributed by atoms with Gasteiger partial charge in [-0.1, -0.05) is 49.0 Å². The number of hydrogen-bond acceptors (Lipinski definition) is 5. The van der Waals surface area contributed by atoms with Crippen molar-refractivity contribution in [3.63, 3.8) is 0 Å². The van der Waals surface area contributed by atoms with Gasteiger partial charge in [0.25, 0.3) is 0 Å². The highest BCUT2D eigenvalue weighted by Crippen LogP contribution is 2.27. The number of rotatable bonds is 11. The van der Waals surface area contributed by atoms with Crippen LogP contribution in [0, 0.1) is 17.1 Å². The highest BCUT2D eigenvalue weighted by Gasteiger charge is 2.28. The number of nitrogens with two attached hydrogens (primary N) is 2. The molecule has 9 heteroatoms. The molecule has 0 aromatic heterocycles. The number of piperidine rings is 1. The number of amidine groups is 1. The Morgan fingerprint density at radius 3 is 2.41 bits per heavy atom. The van der Waals surface area contributed by atoms with Gasteiger partial charge in [0.05, 0.1) is 10.9 Å². The highest BCUT2D eigenvalue weighted by atomic mass is 32.2. The zero-order chi connectivity index (χ0) is 28.0. The fraction of sp³-hybridized carbons (Fsp3) is 0.300. The lowest BCUT2D eigenvalue weighted by Gasteiger charge is -2.37. The van der Waals surface area contributed by atoms with Gasteiger partial charge in [0.15, 0.2) is 0 Å². The third-order valence-electron chi connectivity index (χ3n) is 7.29. The van der Waals surface area contributed by atoms with Gasteiger partial charge in [-0.15, -0.1) is 0 Å². The van der Waals surface area contributed by atoms with Gasteiger partial charge in [0, 0.05) is 24.4 Å². The van der Waals surface area contributed by atoms with Gasteiger partial charge in [-0.05, 0) is 85.2 Å². The van der Waals surface area contributed by atoms with Crippen molar-refractivity contribution in [2.24, 2.45) is 17.4 Å². The number of nitrogens with one attached hydrogen (secondary N) is 2. The van der Waals surface area contributed by atoms with Gasteiger partial charge >= 0.3 is 0 Å². The van der Waals surface area contributed by atoms with Crippen LogP contribution < -0.4 is 16.2 Å². The molecular weight excluding hydrogens is 513 g/mol. The van der Waals surface area contributed by atoms with E-state index >= 15 is 0 Å². The van der Waals surface area contributed by atoms with E-state index in [1.165, 1.54) is 12.1 Å². The molecule has 0 saturated carbocycles. The summed E-state index contributed by atoms with van der Waals surface area (Å²) in [6, 6.07) is 19.2. The Hall–Kier alpha value is -3.53. The standard InChI is InChI=1S/C30H36FN5O2S/c1-21(36-16-13-22(12-15-32)14-17-36)29(19-23-4-2-6-26(18-23)30(33)34)35-39(37,38)28-7-3-5-25(20-28)24-8-10-27(31)11-9-24/h2-11,18,20,22,29,35H,1,12-17,19,32H2,(H3,33,34)/t29-/m0/s1.